The van der Waals surface area contributed by atoms with Gasteiger partial charge in [0.15, 0.2) is 0 Å². The summed E-state index contributed by atoms with van der Waals surface area (Å²) in [6.07, 6.45) is 5.68. The van der Waals surface area contributed by atoms with E-state index >= 15 is 8.78 Å². The van der Waals surface area contributed by atoms with Crippen LogP contribution in [0.25, 0.3) is 55.2 Å². The van der Waals surface area contributed by atoms with Gasteiger partial charge in [0, 0.05) is 116 Å². The third-order valence-corrected chi connectivity index (χ3v) is 17.9. The van der Waals surface area contributed by atoms with Gasteiger partial charge >= 0.3 is 43.9 Å². The summed E-state index contributed by atoms with van der Waals surface area (Å²) in [5.74, 6) is 1.72. The largest absolute Gasteiger partial charge is 1.00 e. The molecule has 0 unspecified atom stereocenters. The number of carbonyl (C=O) groups excluding carboxylic acids is 2. The molecule has 0 saturated heterocycles. The molecule has 0 atom stereocenters. The molecule has 12 rings (SSSR count). The van der Waals surface area contributed by atoms with Crippen LogP contribution in [0.3, 0.4) is 0 Å². The number of rotatable bonds is 29. The normalized spacial score (nSPS) is 10.6. The van der Waals surface area contributed by atoms with E-state index in [0.717, 1.165) is 109 Å². The van der Waals surface area contributed by atoms with Crippen LogP contribution in [0.1, 0.15) is 121 Å². The van der Waals surface area contributed by atoms with Crippen LogP contribution >= 0.6 is 35.0 Å². The summed E-state index contributed by atoms with van der Waals surface area (Å²) in [5.41, 5.74) is 27.0. The second-order valence-electron chi connectivity index (χ2n) is 25.1. The van der Waals surface area contributed by atoms with E-state index in [-0.39, 0.29) is 123 Å². The Bertz CT molecular complexity index is 5020. The minimum Gasteiger partial charge on any atom is -0.870 e. The van der Waals surface area contributed by atoms with Crippen LogP contribution in [0.4, 0.5) is 13.2 Å². The van der Waals surface area contributed by atoms with Crippen molar-refractivity contribution in [3.05, 3.63) is 270 Å². The van der Waals surface area contributed by atoms with E-state index in [9.17, 15) is 18.8 Å². The molecule has 12 aromatic rings. The summed E-state index contributed by atoms with van der Waals surface area (Å²) in [4.78, 5) is 35.0. The maximum Gasteiger partial charge on any atom is 1.00 e. The molecule has 10 N–H and O–H groups in total. The number of hydrogen-bond donors (Lipinski definition) is 6. The monoisotopic (exact) mass is 1630 g/mol. The minimum atomic E-state index is -1.78. The first-order valence-corrected chi connectivity index (χ1v) is 36.6. The molecule has 0 spiro atoms. The molecule has 574 valence electrons. The van der Waals surface area contributed by atoms with Crippen molar-refractivity contribution in [2.75, 3.05) is 13.2 Å². The van der Waals surface area contributed by atoms with Crippen molar-refractivity contribution in [2.45, 2.75) is 132 Å². The second kappa shape index (κ2) is 44.5. The van der Waals surface area contributed by atoms with Gasteiger partial charge in [-0.15, -0.1) is 12.4 Å². The van der Waals surface area contributed by atoms with Gasteiger partial charge in [-0.3, -0.25) is 14.4 Å². The molecule has 0 radical (unpaired) electrons. The van der Waals surface area contributed by atoms with Crippen molar-refractivity contribution in [3.8, 4) is 39.5 Å². The summed E-state index contributed by atoms with van der Waals surface area (Å²) in [7, 11) is -1.78. The van der Waals surface area contributed by atoms with Crippen LogP contribution in [-0.2, 0) is 102 Å². The van der Waals surface area contributed by atoms with E-state index in [1.54, 1.807) is 74.5 Å². The van der Waals surface area contributed by atoms with Crippen LogP contribution < -0.4 is 55.7 Å². The summed E-state index contributed by atoms with van der Waals surface area (Å²) in [6.45, 7) is 11.7. The fraction of sp³-hybridized carbons (Fsp3) is 0.259. The van der Waals surface area contributed by atoms with E-state index in [4.69, 9.17) is 69.3 Å². The van der Waals surface area contributed by atoms with Gasteiger partial charge in [-0.25, -0.2) is 13.2 Å². The Labute approximate surface area is 669 Å². The number of carboxylic acids is 1. The molecule has 25 heteroatoms. The average molecular weight is 1630 g/mol. The fourth-order valence-electron chi connectivity index (χ4n) is 12.1. The standard InChI is InChI=1S/C29H30FNO4.C27H26FNO4.C22H23IO4.C7H9BFNO2.ClH.Li.H2O/c1-3-8-23-15-22-13-19(18-34-26-12-6-5-9-20(26)16-27(32)33-4-2)14-25(29(22)35-23)24-11-7-10-21(17-31)28(24)30;1-2-6-21-13-20-11-17(16-32-24-10-4-3-7-18(24)14-25(30)31)12-23(27(20)33-21)22-9-5-8-19(15-29)26(22)28;1-3-7-18-12-17-10-15(11-19(23)22(17)27-18)14-26-20-9-6-5-8-16(20)13-21(24)25-4-2;9-7-5(4-10)2-1-3-6(7)8(11)12;;;/h5-7,9-15H,3-4,8,16-18,31H2,1-2H3;3-5,7-13H,2,6,14-16,29H2,1H3,(H,30,31);5-6,8-12H,3-4,7,13-14H2,1-2H3;1-3,11-12H,4,10H2;1H;;1H2/q;;;;;+1;/p-1. The molecule has 0 saturated carbocycles. The number of halogens is 5. The van der Waals surface area contributed by atoms with Gasteiger partial charge in [-0.1, -0.05) is 130 Å². The van der Waals surface area contributed by atoms with Crippen LogP contribution in [0.5, 0.6) is 17.2 Å². The number of aryl methyl sites for hydroxylation is 3. The first-order chi connectivity index (χ1) is 51.8. The molecule has 0 amide bonds. The van der Waals surface area contributed by atoms with Crippen molar-refractivity contribution >= 4 is 98.4 Å². The number of nitrogens with two attached hydrogens (primary N) is 3. The summed E-state index contributed by atoms with van der Waals surface area (Å²) < 4.78 is 91.1. The number of para-hydroxylation sites is 3. The molecule has 3 heterocycles. The summed E-state index contributed by atoms with van der Waals surface area (Å²) in [5, 5.41) is 29.4. The Balaban J connectivity index is 0.000000238. The zero-order chi connectivity index (χ0) is 76.5. The molecule has 0 fully saturated rings. The van der Waals surface area contributed by atoms with E-state index in [0.29, 0.717) is 87.2 Å². The zero-order valence-electron chi connectivity index (χ0n) is 62.4. The van der Waals surface area contributed by atoms with Crippen molar-refractivity contribution in [2.24, 2.45) is 17.2 Å². The molecule has 110 heavy (non-hydrogen) atoms. The maximum absolute atomic E-state index is 15.3. The van der Waals surface area contributed by atoms with Gasteiger partial charge < -0.3 is 74.8 Å². The number of aliphatic carboxylic acids is 1. The third kappa shape index (κ3) is 24.1. The summed E-state index contributed by atoms with van der Waals surface area (Å²) >= 11 is 2.30. The third-order valence-electron chi connectivity index (χ3n) is 17.1. The van der Waals surface area contributed by atoms with Gasteiger partial charge in [0.2, 0.25) is 0 Å². The molecule has 0 bridgehead atoms. The molecule has 0 aliphatic rings. The van der Waals surface area contributed by atoms with Crippen LogP contribution in [-0.4, -0.2) is 58.9 Å². The zero-order valence-corrected chi connectivity index (χ0v) is 65.3. The van der Waals surface area contributed by atoms with E-state index in [1.807, 2.05) is 84.9 Å². The number of ether oxygens (including phenoxy) is 5. The predicted molar refractivity (Wildman–Crippen MR) is 428 cm³/mol. The topological polar surface area (TPSA) is 306 Å². The van der Waals surface area contributed by atoms with Crippen LogP contribution in [0, 0.1) is 21.0 Å². The number of benzene rings is 9. The van der Waals surface area contributed by atoms with Crippen LogP contribution in [0.15, 0.2) is 195 Å². The van der Waals surface area contributed by atoms with Crippen molar-refractivity contribution in [3.63, 3.8) is 0 Å². The number of furan rings is 3. The molecular formula is C85H90BClF3ILiN3O15. The van der Waals surface area contributed by atoms with Crippen molar-refractivity contribution in [1.29, 1.82) is 0 Å². The van der Waals surface area contributed by atoms with Gasteiger partial charge in [0.25, 0.3) is 0 Å². The number of esters is 2. The molecule has 9 aromatic carbocycles. The van der Waals surface area contributed by atoms with Gasteiger partial charge in [0.05, 0.1) is 36.0 Å². The molecule has 0 aliphatic heterocycles. The van der Waals surface area contributed by atoms with Gasteiger partial charge in [-0.2, -0.15) is 0 Å². The molecule has 18 nitrogen and oxygen atoms in total. The number of carboxylic acid groups (broad SMARTS) is 1. The number of fused-ring (bicyclic) bond motifs is 3. The SMILES string of the molecule is CCCc1cc2cc(COc3ccccc3CC(=O)O)cc(-c3cccc(CN)c3F)c2o1.CCCc1cc2cc(COc3ccccc3CC(=O)OCC)cc(-c3cccc(CN)c3F)c2o1.CCCc1cc2cc(COc3ccccc3CC(=O)OCC)cc(I)c2o1.Cl.NCc1cccc(B(O)O)c1F.[Li+].[OH-]. The summed E-state index contributed by atoms with van der Waals surface area (Å²) in [6, 6.07) is 54.8. The first kappa shape index (κ1) is 89.5. The van der Waals surface area contributed by atoms with E-state index in [1.165, 1.54) is 18.2 Å². The molecular weight excluding hydrogens is 1540 g/mol. The number of carbonyl (C=O) groups is 3. The quantitative estimate of drug-likeness (QED) is 0.0144. The minimum absolute atomic E-state index is 0. The maximum atomic E-state index is 15.3. The van der Waals surface area contributed by atoms with Crippen molar-refractivity contribution in [1.82, 2.24) is 0 Å². The van der Waals surface area contributed by atoms with Crippen molar-refractivity contribution < 1.29 is 104 Å². The fourth-order valence-corrected chi connectivity index (χ4v) is 12.9. The average Bonchev–Trinajstić information content (AvgIpc) is 1.73. The Morgan fingerprint density at radius 3 is 1.14 bits per heavy atom. The number of hydrogen-bond acceptors (Lipinski definition) is 17. The Kier molecular flexibility index (Phi) is 36.2. The van der Waals surface area contributed by atoms with E-state index in [2.05, 4.69) is 61.6 Å². The molecule has 0 aliphatic carbocycles. The predicted octanol–water partition coefficient (Wildman–Crippen LogP) is 14.1. The smallest absolute Gasteiger partial charge is 0.870 e. The van der Waals surface area contributed by atoms with E-state index < -0.39 is 18.9 Å². The van der Waals surface area contributed by atoms with Gasteiger partial charge in [-0.05, 0) is 145 Å². The Morgan fingerprint density at radius 2 is 0.773 bits per heavy atom. The second-order valence-corrected chi connectivity index (χ2v) is 26.3. The molecule has 3 aromatic heterocycles. The Morgan fingerprint density at radius 1 is 0.436 bits per heavy atom. The van der Waals surface area contributed by atoms with Crippen LogP contribution in [0.2, 0.25) is 0 Å². The Hall–Kier alpha value is -9.36. The van der Waals surface area contributed by atoms with Gasteiger partial charge in [0.1, 0.15) is 88.6 Å². The first-order valence-electron chi connectivity index (χ1n) is 35.6.